The minimum atomic E-state index is -0.669. The van der Waals surface area contributed by atoms with Gasteiger partial charge in [0.2, 0.25) is 5.91 Å². The number of piperazine rings is 1. The number of hydrogen-bond donors (Lipinski definition) is 2. The lowest BCUT2D eigenvalue weighted by Crippen LogP contribution is -2.48. The van der Waals surface area contributed by atoms with E-state index < -0.39 is 5.54 Å². The maximum absolute atomic E-state index is 12.3. The average molecular weight is 440 g/mol. The van der Waals surface area contributed by atoms with E-state index in [9.17, 15) is 4.79 Å². The van der Waals surface area contributed by atoms with Gasteiger partial charge in [-0.15, -0.1) is 37.2 Å². The van der Waals surface area contributed by atoms with E-state index in [1.165, 1.54) is 5.56 Å². The van der Waals surface area contributed by atoms with Crippen molar-refractivity contribution in [2.75, 3.05) is 38.0 Å². The first-order valence-electron chi connectivity index (χ1n) is 9.23. The Kier molecular flexibility index (Phi) is 11.8. The highest BCUT2D eigenvalue weighted by Crippen LogP contribution is 2.28. The second kappa shape index (κ2) is 12.1. The maximum Gasteiger partial charge on any atom is 0.244 e. The normalized spacial score (nSPS) is 19.3. The van der Waals surface area contributed by atoms with Gasteiger partial charge in [-0.25, -0.2) is 0 Å². The van der Waals surface area contributed by atoms with Crippen LogP contribution in [0.2, 0.25) is 0 Å². The molecule has 1 aliphatic heterocycles. The van der Waals surface area contributed by atoms with Crippen LogP contribution in [0.15, 0.2) is 24.3 Å². The maximum atomic E-state index is 12.3. The van der Waals surface area contributed by atoms with Crippen molar-refractivity contribution >= 4 is 48.8 Å². The SMILES string of the molecule is CCN1CCN(Cc2ccc(NC(=O)C3(N)CCCC3)cc2)CC1.Cl.Cl.Cl. The summed E-state index contributed by atoms with van der Waals surface area (Å²) in [5, 5.41) is 2.98. The highest BCUT2D eigenvalue weighted by molar-refractivity contribution is 5.98. The van der Waals surface area contributed by atoms with Gasteiger partial charge < -0.3 is 16.0 Å². The zero-order valence-electron chi connectivity index (χ0n) is 16.0. The molecule has 2 fully saturated rings. The summed E-state index contributed by atoms with van der Waals surface area (Å²) in [5.74, 6) is -0.0385. The molecule has 3 N–H and O–H groups in total. The largest absolute Gasteiger partial charge is 0.324 e. The number of likely N-dealkylation sites (N-methyl/N-ethyl adjacent to an activating group) is 1. The van der Waals surface area contributed by atoms with E-state index in [0.717, 1.165) is 70.6 Å². The number of amides is 1. The van der Waals surface area contributed by atoms with Gasteiger partial charge in [-0.05, 0) is 37.1 Å². The molecule has 156 valence electrons. The van der Waals surface area contributed by atoms with Crippen molar-refractivity contribution in [1.82, 2.24) is 9.80 Å². The second-order valence-electron chi connectivity index (χ2n) is 7.22. The van der Waals surface area contributed by atoms with Crippen LogP contribution < -0.4 is 11.1 Å². The number of benzene rings is 1. The first kappa shape index (κ1) is 26.4. The van der Waals surface area contributed by atoms with Crippen molar-refractivity contribution in [3.8, 4) is 0 Å². The Bertz CT molecular complexity index is 557. The van der Waals surface area contributed by atoms with E-state index >= 15 is 0 Å². The number of carbonyl (C=O) groups is 1. The van der Waals surface area contributed by atoms with E-state index in [4.69, 9.17) is 5.73 Å². The predicted octanol–water partition coefficient (Wildman–Crippen LogP) is 3.30. The predicted molar refractivity (Wildman–Crippen MR) is 120 cm³/mol. The van der Waals surface area contributed by atoms with Gasteiger partial charge in [-0.1, -0.05) is 31.9 Å². The zero-order chi connectivity index (χ0) is 17.0. The van der Waals surface area contributed by atoms with Gasteiger partial charge >= 0.3 is 0 Å². The van der Waals surface area contributed by atoms with Crippen molar-refractivity contribution in [2.24, 2.45) is 5.73 Å². The van der Waals surface area contributed by atoms with Crippen LogP contribution >= 0.6 is 37.2 Å². The Labute approximate surface area is 181 Å². The minimum absolute atomic E-state index is 0. The lowest BCUT2D eigenvalue weighted by Gasteiger charge is -2.34. The molecule has 1 aromatic rings. The van der Waals surface area contributed by atoms with Crippen LogP contribution in [-0.4, -0.2) is 54.0 Å². The molecule has 0 bridgehead atoms. The van der Waals surface area contributed by atoms with Gasteiger partial charge in [0.05, 0.1) is 5.54 Å². The summed E-state index contributed by atoms with van der Waals surface area (Å²) >= 11 is 0. The number of rotatable bonds is 5. The number of carbonyl (C=O) groups excluding carboxylic acids is 1. The molecule has 5 nitrogen and oxygen atoms in total. The molecule has 1 amide bonds. The molecule has 2 aliphatic rings. The summed E-state index contributed by atoms with van der Waals surface area (Å²) in [6, 6.07) is 8.21. The average Bonchev–Trinajstić information content (AvgIpc) is 3.05. The Morgan fingerprint density at radius 1 is 1.00 bits per heavy atom. The van der Waals surface area contributed by atoms with Crippen LogP contribution in [0.5, 0.6) is 0 Å². The van der Waals surface area contributed by atoms with Crippen molar-refractivity contribution in [2.45, 2.75) is 44.7 Å². The molecule has 1 saturated carbocycles. The molecule has 3 rings (SSSR count). The third-order valence-corrected chi connectivity index (χ3v) is 5.48. The van der Waals surface area contributed by atoms with E-state index in [1.807, 2.05) is 12.1 Å². The second-order valence-corrected chi connectivity index (χ2v) is 7.22. The molecule has 0 atom stereocenters. The molecule has 1 aromatic carbocycles. The molecule has 27 heavy (non-hydrogen) atoms. The van der Waals surface area contributed by atoms with Crippen LogP contribution in [0.1, 0.15) is 38.2 Å². The minimum Gasteiger partial charge on any atom is -0.324 e. The molecule has 0 unspecified atom stereocenters. The van der Waals surface area contributed by atoms with Gasteiger partial charge in [0.1, 0.15) is 0 Å². The summed E-state index contributed by atoms with van der Waals surface area (Å²) in [7, 11) is 0. The standard InChI is InChI=1S/C19H30N4O.3ClH/c1-2-22-11-13-23(14-12-22)15-16-5-7-17(8-6-16)21-18(24)19(20)9-3-4-10-19;;;/h5-8H,2-4,9-15,20H2,1H3,(H,21,24);3*1H. The number of halogens is 3. The number of nitrogens with zero attached hydrogens (tertiary/aromatic N) is 2. The molecule has 0 spiro atoms. The zero-order valence-corrected chi connectivity index (χ0v) is 18.4. The van der Waals surface area contributed by atoms with Crippen molar-refractivity contribution in [1.29, 1.82) is 0 Å². The van der Waals surface area contributed by atoms with Gasteiger partial charge in [0, 0.05) is 38.4 Å². The van der Waals surface area contributed by atoms with Crippen molar-refractivity contribution in [3.05, 3.63) is 29.8 Å². The topological polar surface area (TPSA) is 61.6 Å². The first-order chi connectivity index (χ1) is 11.6. The van der Waals surface area contributed by atoms with Crippen LogP contribution in [0.4, 0.5) is 5.69 Å². The van der Waals surface area contributed by atoms with Crippen LogP contribution in [0, 0.1) is 0 Å². The van der Waals surface area contributed by atoms with Gasteiger partial charge in [-0.2, -0.15) is 0 Å². The monoisotopic (exact) mass is 438 g/mol. The molecular formula is C19H33Cl3N4O. The van der Waals surface area contributed by atoms with E-state index in [-0.39, 0.29) is 43.1 Å². The fourth-order valence-electron chi connectivity index (χ4n) is 3.70. The third-order valence-electron chi connectivity index (χ3n) is 5.48. The Hall–Kier alpha value is -0.560. The summed E-state index contributed by atoms with van der Waals surface area (Å²) in [6.07, 6.45) is 3.68. The van der Waals surface area contributed by atoms with Gasteiger partial charge in [-0.3, -0.25) is 9.69 Å². The molecule has 1 heterocycles. The fraction of sp³-hybridized carbons (Fsp3) is 0.632. The summed E-state index contributed by atoms with van der Waals surface area (Å²) in [4.78, 5) is 17.3. The highest BCUT2D eigenvalue weighted by atomic mass is 35.5. The van der Waals surface area contributed by atoms with E-state index in [2.05, 4.69) is 34.2 Å². The lowest BCUT2D eigenvalue weighted by atomic mass is 9.98. The Morgan fingerprint density at radius 3 is 2.04 bits per heavy atom. The molecule has 0 radical (unpaired) electrons. The first-order valence-corrected chi connectivity index (χ1v) is 9.23. The smallest absolute Gasteiger partial charge is 0.244 e. The Morgan fingerprint density at radius 2 is 1.52 bits per heavy atom. The van der Waals surface area contributed by atoms with E-state index in [1.54, 1.807) is 0 Å². The number of nitrogens with two attached hydrogens (primary N) is 1. The number of hydrogen-bond acceptors (Lipinski definition) is 4. The fourth-order valence-corrected chi connectivity index (χ4v) is 3.70. The van der Waals surface area contributed by atoms with Gasteiger partial charge in [0.15, 0.2) is 0 Å². The third kappa shape index (κ3) is 7.08. The quantitative estimate of drug-likeness (QED) is 0.739. The Balaban J connectivity index is 0.00000225. The molecule has 0 aromatic heterocycles. The summed E-state index contributed by atoms with van der Waals surface area (Å²) in [6.45, 7) is 8.91. The van der Waals surface area contributed by atoms with Crippen molar-refractivity contribution in [3.63, 3.8) is 0 Å². The van der Waals surface area contributed by atoms with Crippen LogP contribution in [0.3, 0.4) is 0 Å². The highest BCUT2D eigenvalue weighted by Gasteiger charge is 2.36. The number of anilines is 1. The molecule has 1 aliphatic carbocycles. The van der Waals surface area contributed by atoms with Gasteiger partial charge in [0.25, 0.3) is 0 Å². The van der Waals surface area contributed by atoms with E-state index in [0.29, 0.717) is 0 Å². The summed E-state index contributed by atoms with van der Waals surface area (Å²) in [5.41, 5.74) is 7.67. The van der Waals surface area contributed by atoms with Crippen LogP contribution in [-0.2, 0) is 11.3 Å². The lowest BCUT2D eigenvalue weighted by molar-refractivity contribution is -0.121. The van der Waals surface area contributed by atoms with Crippen LogP contribution in [0.25, 0.3) is 0 Å². The van der Waals surface area contributed by atoms with Crippen molar-refractivity contribution < 1.29 is 4.79 Å². The molecule has 8 heteroatoms. The summed E-state index contributed by atoms with van der Waals surface area (Å²) < 4.78 is 0. The molecule has 1 saturated heterocycles. The number of nitrogens with one attached hydrogen (secondary N) is 1. The molecular weight excluding hydrogens is 407 g/mol.